The molecule has 0 amide bonds. The van der Waals surface area contributed by atoms with Gasteiger partial charge in [0.25, 0.3) is 0 Å². The summed E-state index contributed by atoms with van der Waals surface area (Å²) in [6, 6.07) is 0. The zero-order chi connectivity index (χ0) is 13.1. The zero-order valence-electron chi connectivity index (χ0n) is 10.5. The monoisotopic (exact) mass is 240 g/mol. The van der Waals surface area contributed by atoms with E-state index in [1.165, 1.54) is 0 Å². The number of carbonyl (C=O) groups is 1. The highest BCUT2D eigenvalue weighted by Gasteiger charge is 2.36. The van der Waals surface area contributed by atoms with Crippen molar-refractivity contribution in [2.24, 2.45) is 5.41 Å². The summed E-state index contributed by atoms with van der Waals surface area (Å²) < 4.78 is 5.16. The van der Waals surface area contributed by atoms with E-state index in [1.54, 1.807) is 0 Å². The fourth-order valence-corrected chi connectivity index (χ4v) is 2.02. The molecule has 4 nitrogen and oxygen atoms in total. The molecule has 0 saturated carbocycles. The van der Waals surface area contributed by atoms with Gasteiger partial charge in [-0.15, -0.1) is 0 Å². The Bertz CT molecular complexity index is 290. The van der Waals surface area contributed by atoms with E-state index in [9.17, 15) is 4.79 Å². The minimum absolute atomic E-state index is 0.00551. The molecule has 0 aromatic rings. The summed E-state index contributed by atoms with van der Waals surface area (Å²) in [4.78, 5) is 28.1. The molecule has 1 atom stereocenters. The van der Waals surface area contributed by atoms with Crippen molar-refractivity contribution < 1.29 is 19.1 Å². The first-order chi connectivity index (χ1) is 8.16. The molecule has 0 saturated heterocycles. The van der Waals surface area contributed by atoms with Crippen LogP contribution < -0.4 is 0 Å². The van der Waals surface area contributed by atoms with E-state index in [0.717, 1.165) is 32.1 Å². The van der Waals surface area contributed by atoms with Gasteiger partial charge < -0.3 is 4.74 Å². The maximum Gasteiger partial charge on any atom is 0.373 e. The van der Waals surface area contributed by atoms with Crippen LogP contribution in [0.25, 0.3) is 0 Å². The van der Waals surface area contributed by atoms with E-state index in [-0.39, 0.29) is 17.5 Å². The lowest BCUT2D eigenvalue weighted by Crippen LogP contribution is -2.31. The Morgan fingerprint density at radius 2 is 2.00 bits per heavy atom. The van der Waals surface area contributed by atoms with Crippen molar-refractivity contribution >= 4 is 12.1 Å². The Balaban J connectivity index is 0.000000770. The summed E-state index contributed by atoms with van der Waals surface area (Å²) >= 11 is 0. The number of allylic oxidation sites excluding steroid dienone is 2. The van der Waals surface area contributed by atoms with Gasteiger partial charge in [0.1, 0.15) is 0 Å². The van der Waals surface area contributed by atoms with Crippen LogP contribution in [0, 0.1) is 5.41 Å². The molecule has 17 heavy (non-hydrogen) atoms. The molecule has 1 unspecified atom stereocenters. The fraction of sp³-hybridized carbons (Fsp3) is 0.692. The Kier molecular flexibility index (Phi) is 7.99. The van der Waals surface area contributed by atoms with Gasteiger partial charge in [0, 0.05) is 0 Å². The van der Waals surface area contributed by atoms with Crippen molar-refractivity contribution in [2.45, 2.75) is 46.0 Å². The molecule has 4 heteroatoms. The highest BCUT2D eigenvalue weighted by atomic mass is 16.5. The lowest BCUT2D eigenvalue weighted by Gasteiger charge is -2.28. The van der Waals surface area contributed by atoms with Gasteiger partial charge in [-0.1, -0.05) is 19.1 Å². The fourth-order valence-electron chi connectivity index (χ4n) is 2.02. The Labute approximate surface area is 102 Å². The molecule has 0 bridgehead atoms. The van der Waals surface area contributed by atoms with Crippen LogP contribution in [0.4, 0.5) is 0 Å². The van der Waals surface area contributed by atoms with Crippen LogP contribution in [0.15, 0.2) is 12.2 Å². The van der Waals surface area contributed by atoms with Gasteiger partial charge >= 0.3 is 12.1 Å². The molecule has 0 aliphatic heterocycles. The number of rotatable bonds is 3. The molecule has 0 fully saturated rings. The zero-order valence-corrected chi connectivity index (χ0v) is 10.5. The lowest BCUT2D eigenvalue weighted by atomic mass is 9.78. The van der Waals surface area contributed by atoms with E-state index in [4.69, 9.17) is 14.3 Å². The maximum atomic E-state index is 11.8. The molecular formula is C13H20O4. The van der Waals surface area contributed by atoms with E-state index in [1.807, 2.05) is 6.92 Å². The van der Waals surface area contributed by atoms with E-state index in [2.05, 4.69) is 19.1 Å². The van der Waals surface area contributed by atoms with Crippen molar-refractivity contribution in [3.8, 4) is 0 Å². The van der Waals surface area contributed by atoms with Crippen molar-refractivity contribution in [2.75, 3.05) is 6.61 Å². The first-order valence-corrected chi connectivity index (χ1v) is 5.98. The average molecular weight is 240 g/mol. The molecule has 1 rings (SSSR count). The molecule has 0 spiro atoms. The summed E-state index contributed by atoms with van der Waals surface area (Å²) in [5.41, 5.74) is -0.233. The summed E-state index contributed by atoms with van der Waals surface area (Å²) in [6.45, 7) is 4.44. The number of hydrogen-bond donors (Lipinski definition) is 0. The van der Waals surface area contributed by atoms with Gasteiger partial charge in [-0.2, -0.15) is 9.59 Å². The first-order valence-electron chi connectivity index (χ1n) is 5.98. The summed E-state index contributed by atoms with van der Waals surface area (Å²) in [7, 11) is 0. The van der Waals surface area contributed by atoms with Crippen molar-refractivity contribution in [3.05, 3.63) is 12.2 Å². The number of ether oxygens (including phenoxy) is 1. The molecular weight excluding hydrogens is 220 g/mol. The average Bonchev–Trinajstić information content (AvgIpc) is 2.56. The third-order valence-corrected chi connectivity index (χ3v) is 3.09. The minimum Gasteiger partial charge on any atom is -0.466 e. The van der Waals surface area contributed by atoms with Crippen LogP contribution >= 0.6 is 0 Å². The van der Waals surface area contributed by atoms with Crippen LogP contribution in [0.2, 0.25) is 0 Å². The SMILES string of the molecule is CCOC(=O)C1(CC)CC=CCCC1.O=C=O. The summed E-state index contributed by atoms with van der Waals surface area (Å²) in [5, 5.41) is 0. The molecule has 0 heterocycles. The molecule has 1 aliphatic carbocycles. The lowest BCUT2D eigenvalue weighted by molar-refractivity contribution is -0.191. The second-order valence-corrected chi connectivity index (χ2v) is 4.01. The molecule has 0 radical (unpaired) electrons. The predicted octanol–water partition coefficient (Wildman–Crippen LogP) is 2.49. The van der Waals surface area contributed by atoms with Crippen LogP contribution in [0.1, 0.15) is 46.0 Å². The van der Waals surface area contributed by atoms with Crippen molar-refractivity contribution in [1.29, 1.82) is 0 Å². The Hall–Kier alpha value is -1.41. The van der Waals surface area contributed by atoms with Gasteiger partial charge in [-0.25, -0.2) is 0 Å². The topological polar surface area (TPSA) is 60.4 Å². The summed E-state index contributed by atoms with van der Waals surface area (Å²) in [6.07, 6.45) is 9.46. The standard InChI is InChI=1S/C12H20O2.CO2/c1-3-12(11(13)14-4-2)9-7-5-6-8-10-12;2-1-3/h5,7H,3-4,6,8-10H2,1-2H3;. The van der Waals surface area contributed by atoms with Crippen LogP contribution in [0.5, 0.6) is 0 Å². The number of carbonyl (C=O) groups excluding carboxylic acids is 3. The largest absolute Gasteiger partial charge is 0.466 e. The normalized spacial score (nSPS) is 22.7. The number of esters is 1. The highest BCUT2D eigenvalue weighted by molar-refractivity contribution is 5.77. The quantitative estimate of drug-likeness (QED) is 0.561. The highest BCUT2D eigenvalue weighted by Crippen LogP contribution is 2.36. The van der Waals surface area contributed by atoms with E-state index >= 15 is 0 Å². The molecule has 0 aromatic heterocycles. The van der Waals surface area contributed by atoms with Crippen molar-refractivity contribution in [1.82, 2.24) is 0 Å². The Morgan fingerprint density at radius 1 is 1.35 bits per heavy atom. The molecule has 96 valence electrons. The van der Waals surface area contributed by atoms with Gasteiger partial charge in [0.2, 0.25) is 0 Å². The first kappa shape index (κ1) is 15.6. The third kappa shape index (κ3) is 4.96. The second-order valence-electron chi connectivity index (χ2n) is 4.01. The molecule has 0 aromatic carbocycles. The van der Waals surface area contributed by atoms with E-state index in [0.29, 0.717) is 6.61 Å². The van der Waals surface area contributed by atoms with Crippen LogP contribution in [-0.4, -0.2) is 18.7 Å². The second kappa shape index (κ2) is 8.71. The van der Waals surface area contributed by atoms with Crippen LogP contribution in [-0.2, 0) is 19.1 Å². The van der Waals surface area contributed by atoms with Gasteiger partial charge in [0.05, 0.1) is 12.0 Å². The summed E-state index contributed by atoms with van der Waals surface area (Å²) in [5.74, 6) is -0.00551. The minimum atomic E-state index is -0.233. The number of hydrogen-bond acceptors (Lipinski definition) is 4. The van der Waals surface area contributed by atoms with Gasteiger partial charge in [0.15, 0.2) is 0 Å². The maximum absolute atomic E-state index is 11.8. The van der Waals surface area contributed by atoms with Crippen molar-refractivity contribution in [3.63, 3.8) is 0 Å². The molecule has 0 N–H and O–H groups in total. The Morgan fingerprint density at radius 3 is 2.53 bits per heavy atom. The smallest absolute Gasteiger partial charge is 0.373 e. The van der Waals surface area contributed by atoms with Crippen LogP contribution in [0.3, 0.4) is 0 Å². The molecule has 1 aliphatic rings. The van der Waals surface area contributed by atoms with Gasteiger partial charge in [-0.3, -0.25) is 4.79 Å². The van der Waals surface area contributed by atoms with E-state index < -0.39 is 0 Å². The van der Waals surface area contributed by atoms with Gasteiger partial charge in [-0.05, 0) is 39.0 Å². The predicted molar refractivity (Wildman–Crippen MR) is 62.0 cm³/mol. The third-order valence-electron chi connectivity index (χ3n) is 3.09.